The zero-order chi connectivity index (χ0) is 14.2. The summed E-state index contributed by atoms with van der Waals surface area (Å²) < 4.78 is 35.9. The number of rotatable bonds is 2. The zero-order valence-corrected chi connectivity index (χ0v) is 11.6. The van der Waals surface area contributed by atoms with Crippen molar-refractivity contribution in [2.24, 2.45) is 0 Å². The summed E-state index contributed by atoms with van der Waals surface area (Å²) >= 11 is 0. The van der Waals surface area contributed by atoms with Gasteiger partial charge in [0.25, 0.3) is 5.78 Å². The molecule has 0 saturated carbocycles. The summed E-state index contributed by atoms with van der Waals surface area (Å²) in [5, 5.41) is 0. The third-order valence-electron chi connectivity index (χ3n) is 3.06. The Labute approximate surface area is 111 Å². The van der Waals surface area contributed by atoms with Gasteiger partial charge in [0, 0.05) is 0 Å². The van der Waals surface area contributed by atoms with Crippen molar-refractivity contribution in [2.75, 3.05) is 0 Å². The lowest BCUT2D eigenvalue weighted by Gasteiger charge is -2.22. The maximum absolute atomic E-state index is 13.3. The molecule has 0 fully saturated rings. The molecule has 0 spiro atoms. The second-order valence-electron chi connectivity index (χ2n) is 4.86. The van der Waals surface area contributed by atoms with E-state index in [2.05, 4.69) is 4.65 Å². The number of halogens is 2. The van der Waals surface area contributed by atoms with Crippen LogP contribution in [0.25, 0.3) is 5.57 Å². The fourth-order valence-corrected chi connectivity index (χ4v) is 2.45. The quantitative estimate of drug-likeness (QED) is 0.586. The van der Waals surface area contributed by atoms with Crippen molar-refractivity contribution in [2.45, 2.75) is 34.1 Å². The molecule has 0 radical (unpaired) electrons. The van der Waals surface area contributed by atoms with E-state index in [4.69, 9.17) is 4.34 Å². The molecule has 0 N–H and O–H groups in total. The molecule has 0 aliphatic carbocycles. The molecule has 1 aromatic carbocycles. The van der Waals surface area contributed by atoms with Crippen molar-refractivity contribution in [1.82, 2.24) is 0 Å². The third kappa shape index (κ3) is 2.86. The van der Waals surface area contributed by atoms with Gasteiger partial charge in [0.05, 0.1) is 12.2 Å². The highest BCUT2D eigenvalue weighted by Gasteiger charge is 2.53. The first-order valence-electron chi connectivity index (χ1n) is 6.36. The Morgan fingerprint density at radius 3 is 2.21 bits per heavy atom. The first-order chi connectivity index (χ1) is 8.82. The molecule has 2 rings (SSSR count). The topological polar surface area (TPSA) is 20.5 Å². The summed E-state index contributed by atoms with van der Waals surface area (Å²) in [5.41, 5.74) is 3.66. The molecule has 0 aromatic heterocycles. The minimum Gasteiger partial charge on any atom is -0.572 e. The molecule has 102 valence electrons. The Morgan fingerprint density at radius 1 is 1.11 bits per heavy atom. The van der Waals surface area contributed by atoms with E-state index in [9.17, 15) is 8.63 Å². The van der Waals surface area contributed by atoms with E-state index in [1.807, 2.05) is 32.0 Å². The van der Waals surface area contributed by atoms with E-state index >= 15 is 0 Å². The minimum atomic E-state index is -4.23. The molecule has 0 atom stereocenters. The second kappa shape index (κ2) is 4.80. The Balaban J connectivity index is 2.57. The normalized spacial score (nSPS) is 18.1. The summed E-state index contributed by atoms with van der Waals surface area (Å²) in [6.45, 7) is 7.30. The summed E-state index contributed by atoms with van der Waals surface area (Å²) in [6.07, 6.45) is 0.403. The Hall–Kier alpha value is -1.65. The van der Waals surface area contributed by atoms with Crippen LogP contribution in [0.15, 0.2) is 24.0 Å². The van der Waals surface area contributed by atoms with Crippen molar-refractivity contribution in [3.63, 3.8) is 0 Å². The Bertz CT molecular complexity index is 557. The van der Waals surface area contributed by atoms with Gasteiger partial charge in [-0.1, -0.05) is 36.2 Å². The van der Waals surface area contributed by atoms with Crippen LogP contribution in [0.5, 0.6) is 0 Å². The minimum absolute atomic E-state index is 0.220. The fraction of sp³-hybridized carbons (Fsp3) is 0.357. The van der Waals surface area contributed by atoms with Crippen LogP contribution in [0.4, 0.5) is 8.63 Å². The van der Waals surface area contributed by atoms with Crippen molar-refractivity contribution >= 4 is 18.5 Å². The predicted octanol–water partition coefficient (Wildman–Crippen LogP) is 3.95. The molecule has 1 aromatic rings. The number of aryl methyl sites for hydroxylation is 2. The summed E-state index contributed by atoms with van der Waals surface area (Å²) in [6, 6.07) is 5.93. The molecule has 0 bridgehead atoms. The van der Waals surface area contributed by atoms with Crippen LogP contribution in [0.1, 0.15) is 37.0 Å². The van der Waals surface area contributed by atoms with E-state index < -0.39 is 7.11 Å². The summed E-state index contributed by atoms with van der Waals surface area (Å²) in [5.74, 6) is 0.511. The molecule has 0 unspecified atom stereocenters. The third-order valence-corrected chi connectivity index (χ3v) is 3.06. The maximum Gasteiger partial charge on any atom is 0.994 e. The predicted molar refractivity (Wildman–Crippen MR) is 72.9 cm³/mol. The van der Waals surface area contributed by atoms with Gasteiger partial charge in [0.1, 0.15) is 5.57 Å². The van der Waals surface area contributed by atoms with Gasteiger partial charge in [-0.2, -0.15) is 0 Å². The summed E-state index contributed by atoms with van der Waals surface area (Å²) in [7, 11) is -4.23. The molecule has 19 heavy (non-hydrogen) atoms. The van der Waals surface area contributed by atoms with Gasteiger partial charge in [-0.3, -0.25) is 0 Å². The van der Waals surface area contributed by atoms with Gasteiger partial charge in [-0.25, -0.2) is 0 Å². The highest BCUT2D eigenvalue weighted by molar-refractivity contribution is 6.52. The lowest BCUT2D eigenvalue weighted by molar-refractivity contribution is -0.364. The van der Waals surface area contributed by atoms with E-state index in [1.54, 1.807) is 13.8 Å². The van der Waals surface area contributed by atoms with Gasteiger partial charge in [-0.15, -0.1) is 0 Å². The molecule has 1 aliphatic heterocycles. The number of benzene rings is 1. The van der Waals surface area contributed by atoms with Crippen LogP contribution in [-0.4, -0.2) is 12.9 Å². The molecule has 0 amide bonds. The van der Waals surface area contributed by atoms with Gasteiger partial charge < -0.3 is 17.6 Å². The van der Waals surface area contributed by atoms with Crippen LogP contribution in [0, 0.1) is 13.8 Å². The van der Waals surface area contributed by atoms with Crippen LogP contribution in [-0.2, 0) is 9.00 Å². The van der Waals surface area contributed by atoms with Crippen LogP contribution >= 0.6 is 0 Å². The van der Waals surface area contributed by atoms with Crippen molar-refractivity contribution in [3.8, 4) is 0 Å². The highest BCUT2D eigenvalue weighted by atomic mass is 19.3. The number of allylic oxidation sites excluding steroid dienone is 2. The monoisotopic (exact) mass is 266 g/mol. The maximum atomic E-state index is 13.3. The molecular formula is C14H17BF2O2. The first kappa shape index (κ1) is 13.8. The lowest BCUT2D eigenvalue weighted by Crippen LogP contribution is -2.35. The zero-order valence-electron chi connectivity index (χ0n) is 11.6. The van der Waals surface area contributed by atoms with Crippen molar-refractivity contribution < 1.29 is 17.6 Å². The van der Waals surface area contributed by atoms with Crippen LogP contribution in [0.3, 0.4) is 0 Å². The van der Waals surface area contributed by atoms with E-state index in [1.165, 1.54) is 0 Å². The van der Waals surface area contributed by atoms with Gasteiger partial charge in [0.15, 0.2) is 0 Å². The van der Waals surface area contributed by atoms with Crippen LogP contribution < -0.4 is 0 Å². The molecule has 5 heteroatoms. The van der Waals surface area contributed by atoms with Gasteiger partial charge in [0.2, 0.25) is 0 Å². The Morgan fingerprint density at radius 2 is 1.68 bits per heavy atom. The molecule has 0 saturated heterocycles. The number of hydrogen-bond donors (Lipinski definition) is 0. The average molecular weight is 266 g/mol. The largest absolute Gasteiger partial charge is 0.994 e. The molecule has 2 nitrogen and oxygen atoms in total. The smallest absolute Gasteiger partial charge is 0.572 e. The van der Waals surface area contributed by atoms with Crippen LogP contribution in [0.2, 0.25) is 0 Å². The molecule has 1 heterocycles. The average Bonchev–Trinajstić information content (AvgIpc) is 2.24. The Kier molecular flexibility index (Phi) is 3.48. The highest BCUT2D eigenvalue weighted by Crippen LogP contribution is 2.30. The van der Waals surface area contributed by atoms with Crippen molar-refractivity contribution in [1.29, 1.82) is 0 Å². The van der Waals surface area contributed by atoms with E-state index in [0.29, 0.717) is 17.8 Å². The number of carbonyl (C=O) groups excluding carboxylic acids is 1. The number of hydrogen-bond acceptors (Lipinski definition) is 1. The lowest BCUT2D eigenvalue weighted by atomic mass is 9.94. The SMILES string of the molecule is CCC1=[O+][B-](F)(F)OC(C)=C1c1cc(C)cc(C)c1. The number of ketones is 1. The van der Waals surface area contributed by atoms with Gasteiger partial charge in [-0.05, 0) is 26.3 Å². The van der Waals surface area contributed by atoms with E-state index in [0.717, 1.165) is 16.7 Å². The first-order valence-corrected chi connectivity index (χ1v) is 6.36. The van der Waals surface area contributed by atoms with Crippen molar-refractivity contribution in [3.05, 3.63) is 40.6 Å². The van der Waals surface area contributed by atoms with Gasteiger partial charge >= 0.3 is 7.11 Å². The fourth-order valence-electron chi connectivity index (χ4n) is 2.45. The van der Waals surface area contributed by atoms with E-state index in [-0.39, 0.29) is 5.76 Å². The standard InChI is InChI=1S/C14H17BF2O2/c1-5-13-14(11(4)18-15(16,17)19-13)12-7-9(2)6-10(3)8-12/h6-8H,5H2,1-4H3. The second-order valence-corrected chi connectivity index (χ2v) is 4.86. The summed E-state index contributed by atoms with van der Waals surface area (Å²) in [4.78, 5) is 0. The molecule has 1 aliphatic rings. The molecular weight excluding hydrogens is 249 g/mol.